The molecule has 0 aromatic rings. The Labute approximate surface area is 120 Å². The molecule has 4 rings (SSSR count). The first-order chi connectivity index (χ1) is 9.90. The number of nitrogens with zero attached hydrogens (tertiary/aromatic N) is 4. The Morgan fingerprint density at radius 1 is 0.950 bits per heavy atom. The summed E-state index contributed by atoms with van der Waals surface area (Å²) in [6.45, 7) is 6.64. The minimum Gasteiger partial charge on any atom is -0.356 e. The molecule has 2 atom stereocenters. The zero-order valence-corrected chi connectivity index (χ0v) is 12.0. The van der Waals surface area contributed by atoms with E-state index >= 15 is 0 Å². The summed E-state index contributed by atoms with van der Waals surface area (Å²) in [5, 5.41) is 7.10. The van der Waals surface area contributed by atoms with E-state index in [0.717, 1.165) is 57.6 Å². The van der Waals surface area contributed by atoms with E-state index in [1.54, 1.807) is 0 Å². The average Bonchev–Trinajstić information content (AvgIpc) is 2.54. The number of rotatable bonds is 1. The normalized spacial score (nSPS) is 33.2. The zero-order chi connectivity index (χ0) is 13.4. The Bertz CT molecular complexity index is 431. The van der Waals surface area contributed by atoms with Crippen molar-refractivity contribution in [1.29, 1.82) is 0 Å². The quantitative estimate of drug-likeness (QED) is 0.698. The van der Waals surface area contributed by atoms with Crippen LogP contribution in [0.15, 0.2) is 9.98 Å². The highest BCUT2D eigenvalue weighted by Crippen LogP contribution is 2.20. The van der Waals surface area contributed by atoms with E-state index in [2.05, 4.69) is 25.4 Å². The van der Waals surface area contributed by atoms with Gasteiger partial charge in [-0.2, -0.15) is 0 Å². The predicted molar refractivity (Wildman–Crippen MR) is 80.1 cm³/mol. The van der Waals surface area contributed by atoms with Gasteiger partial charge in [0, 0.05) is 39.3 Å². The molecule has 0 bridgehead atoms. The van der Waals surface area contributed by atoms with Crippen LogP contribution in [0.5, 0.6) is 0 Å². The fourth-order valence-corrected chi connectivity index (χ4v) is 3.66. The molecule has 0 aromatic heterocycles. The minimum atomic E-state index is 0.402. The Kier molecular flexibility index (Phi) is 3.16. The lowest BCUT2D eigenvalue weighted by Gasteiger charge is -2.43. The second-order valence-electron chi connectivity index (χ2n) is 6.16. The van der Waals surface area contributed by atoms with Crippen LogP contribution >= 0.6 is 0 Å². The van der Waals surface area contributed by atoms with Crippen LogP contribution in [0.2, 0.25) is 0 Å². The summed E-state index contributed by atoms with van der Waals surface area (Å²) in [5.74, 6) is 2.24. The highest BCUT2D eigenvalue weighted by Gasteiger charge is 2.33. The van der Waals surface area contributed by atoms with Crippen molar-refractivity contribution in [3.63, 3.8) is 0 Å². The molecule has 2 N–H and O–H groups in total. The summed E-state index contributed by atoms with van der Waals surface area (Å²) in [6, 6.07) is 0.861. The third-order valence-corrected chi connectivity index (χ3v) is 4.81. The second-order valence-corrected chi connectivity index (χ2v) is 6.16. The van der Waals surface area contributed by atoms with Crippen molar-refractivity contribution in [2.45, 2.75) is 37.8 Å². The molecule has 6 heteroatoms. The van der Waals surface area contributed by atoms with Crippen LogP contribution in [0.4, 0.5) is 0 Å². The molecule has 2 fully saturated rings. The Morgan fingerprint density at radius 2 is 1.80 bits per heavy atom. The van der Waals surface area contributed by atoms with Gasteiger partial charge in [-0.05, 0) is 25.7 Å². The largest absolute Gasteiger partial charge is 0.356 e. The molecule has 4 aliphatic rings. The number of fused-ring (bicyclic) bond motifs is 2. The third kappa shape index (κ3) is 2.21. The summed E-state index contributed by atoms with van der Waals surface area (Å²) in [7, 11) is 0. The van der Waals surface area contributed by atoms with Crippen LogP contribution in [0, 0.1) is 0 Å². The van der Waals surface area contributed by atoms with E-state index in [1.165, 1.54) is 19.3 Å². The van der Waals surface area contributed by atoms with Gasteiger partial charge in [0.15, 0.2) is 11.9 Å². The second kappa shape index (κ2) is 5.14. The van der Waals surface area contributed by atoms with E-state index in [4.69, 9.17) is 4.99 Å². The van der Waals surface area contributed by atoms with Gasteiger partial charge < -0.3 is 20.4 Å². The molecule has 2 saturated heterocycles. The van der Waals surface area contributed by atoms with Crippen molar-refractivity contribution in [2.24, 2.45) is 9.98 Å². The van der Waals surface area contributed by atoms with Crippen molar-refractivity contribution in [3.8, 4) is 0 Å². The lowest BCUT2D eigenvalue weighted by molar-refractivity contribution is 0.257. The van der Waals surface area contributed by atoms with Gasteiger partial charge >= 0.3 is 0 Å². The topological polar surface area (TPSA) is 55.3 Å². The molecule has 0 amide bonds. The van der Waals surface area contributed by atoms with E-state index in [1.807, 2.05) is 0 Å². The first kappa shape index (κ1) is 12.3. The van der Waals surface area contributed by atoms with Crippen LogP contribution in [0.25, 0.3) is 0 Å². The maximum absolute atomic E-state index is 4.96. The summed E-state index contributed by atoms with van der Waals surface area (Å²) >= 11 is 0. The highest BCUT2D eigenvalue weighted by atomic mass is 15.4. The Balaban J connectivity index is 1.47. The van der Waals surface area contributed by atoms with Gasteiger partial charge in [0.2, 0.25) is 0 Å². The van der Waals surface area contributed by atoms with E-state index in [9.17, 15) is 0 Å². The average molecular weight is 276 g/mol. The SMILES string of the molecule is C1CNC2=NC(C3CCN4CCCN=C4N3)CCN2C1. The summed E-state index contributed by atoms with van der Waals surface area (Å²) in [5.41, 5.74) is 0. The van der Waals surface area contributed by atoms with Gasteiger partial charge in [0.1, 0.15) is 0 Å². The monoisotopic (exact) mass is 276 g/mol. The predicted octanol–water partition coefficient (Wildman–Crippen LogP) is -0.166. The molecule has 6 nitrogen and oxygen atoms in total. The molecule has 0 spiro atoms. The van der Waals surface area contributed by atoms with Gasteiger partial charge in [-0.3, -0.25) is 4.99 Å². The number of aliphatic imine (C=N–C) groups is 2. The summed E-state index contributed by atoms with van der Waals surface area (Å²) < 4.78 is 0. The number of hydrogen-bond acceptors (Lipinski definition) is 6. The molecule has 0 saturated carbocycles. The minimum absolute atomic E-state index is 0.402. The van der Waals surface area contributed by atoms with Crippen molar-refractivity contribution in [3.05, 3.63) is 0 Å². The standard InChI is InChI=1S/C14H24N6/c1-5-15-13-17-11(3-9-19(13)7-1)12-4-10-20-8-2-6-16-14(20)18-12/h11-12H,1-10H2,(H,15,17)(H,16,18). The number of hydrogen-bond donors (Lipinski definition) is 2. The zero-order valence-electron chi connectivity index (χ0n) is 12.0. The van der Waals surface area contributed by atoms with Gasteiger partial charge in [0.25, 0.3) is 0 Å². The summed E-state index contributed by atoms with van der Waals surface area (Å²) in [6.07, 6.45) is 4.77. The van der Waals surface area contributed by atoms with Crippen LogP contribution < -0.4 is 10.6 Å². The molecule has 0 radical (unpaired) electrons. The van der Waals surface area contributed by atoms with Crippen LogP contribution in [0.3, 0.4) is 0 Å². The van der Waals surface area contributed by atoms with Crippen molar-refractivity contribution in [2.75, 3.05) is 39.3 Å². The van der Waals surface area contributed by atoms with E-state index in [-0.39, 0.29) is 0 Å². The molecule has 4 aliphatic heterocycles. The number of guanidine groups is 2. The van der Waals surface area contributed by atoms with Crippen molar-refractivity contribution in [1.82, 2.24) is 20.4 Å². The fourth-order valence-electron chi connectivity index (χ4n) is 3.66. The maximum Gasteiger partial charge on any atom is 0.194 e. The lowest BCUT2D eigenvalue weighted by atomic mass is 9.98. The Morgan fingerprint density at radius 3 is 2.80 bits per heavy atom. The van der Waals surface area contributed by atoms with Crippen LogP contribution in [-0.2, 0) is 0 Å². The van der Waals surface area contributed by atoms with Crippen molar-refractivity contribution >= 4 is 11.9 Å². The smallest absolute Gasteiger partial charge is 0.194 e. The first-order valence-corrected chi connectivity index (χ1v) is 8.03. The van der Waals surface area contributed by atoms with Gasteiger partial charge in [0.05, 0.1) is 12.1 Å². The fraction of sp³-hybridized carbons (Fsp3) is 0.857. The third-order valence-electron chi connectivity index (χ3n) is 4.81. The van der Waals surface area contributed by atoms with Crippen LogP contribution in [-0.4, -0.2) is 73.1 Å². The molecular weight excluding hydrogens is 252 g/mol. The maximum atomic E-state index is 4.96. The molecule has 2 unspecified atom stereocenters. The molecule has 0 aliphatic carbocycles. The first-order valence-electron chi connectivity index (χ1n) is 8.03. The molecule has 0 aromatic carbocycles. The van der Waals surface area contributed by atoms with Gasteiger partial charge in [-0.1, -0.05) is 0 Å². The summed E-state index contributed by atoms with van der Waals surface area (Å²) in [4.78, 5) is 14.4. The van der Waals surface area contributed by atoms with E-state index < -0.39 is 0 Å². The van der Waals surface area contributed by atoms with Gasteiger partial charge in [-0.25, -0.2) is 4.99 Å². The molecule has 20 heavy (non-hydrogen) atoms. The molecule has 110 valence electrons. The lowest BCUT2D eigenvalue weighted by Crippen LogP contribution is -2.60. The van der Waals surface area contributed by atoms with E-state index in [0.29, 0.717) is 12.1 Å². The van der Waals surface area contributed by atoms with Gasteiger partial charge in [-0.15, -0.1) is 0 Å². The molecule has 4 heterocycles. The Hall–Kier alpha value is -1.46. The molecular formula is C14H24N6. The number of nitrogens with one attached hydrogen (secondary N) is 2. The van der Waals surface area contributed by atoms with Crippen LogP contribution in [0.1, 0.15) is 25.7 Å². The highest BCUT2D eigenvalue weighted by molar-refractivity contribution is 5.83. The van der Waals surface area contributed by atoms with Crippen molar-refractivity contribution < 1.29 is 0 Å².